The third-order valence-corrected chi connectivity index (χ3v) is 16.8. The van der Waals surface area contributed by atoms with E-state index in [2.05, 4.69) is 51.3 Å². The van der Waals surface area contributed by atoms with Gasteiger partial charge in [0.05, 0.1) is 22.1 Å². The molecule has 50 heavy (non-hydrogen) atoms. The summed E-state index contributed by atoms with van der Waals surface area (Å²) in [6.07, 6.45) is 10.5. The molecule has 5 aliphatic rings. The van der Waals surface area contributed by atoms with Crippen LogP contribution < -0.4 is 14.4 Å². The zero-order chi connectivity index (χ0) is 35.7. The van der Waals surface area contributed by atoms with Gasteiger partial charge in [-0.15, -0.1) is 23.5 Å². The number of hydrogen-bond donors (Lipinski definition) is 2. The van der Waals surface area contributed by atoms with E-state index in [9.17, 15) is 18.3 Å². The Bertz CT molecular complexity index is 1690. The van der Waals surface area contributed by atoms with E-state index in [0.29, 0.717) is 31.9 Å². The smallest absolute Gasteiger partial charge is 0.264 e. The molecule has 7 nitrogen and oxygen atoms in total. The molecular weight excluding hydrogens is 823 g/mol. The minimum Gasteiger partial charge on any atom is -0.490 e. The van der Waals surface area contributed by atoms with Gasteiger partial charge in [0.1, 0.15) is 11.4 Å². The van der Waals surface area contributed by atoms with Crippen LogP contribution in [0.15, 0.2) is 48.6 Å². The summed E-state index contributed by atoms with van der Waals surface area (Å²) in [7, 11) is -3.95. The Balaban J connectivity index is 0.00000139. The number of hydrogen-bond acceptors (Lipinski definition) is 8. The summed E-state index contributed by atoms with van der Waals surface area (Å²) in [6, 6.07) is 11.5. The Kier molecular flexibility index (Phi) is 12.4. The number of sulfonamides is 1. The second-order valence-electron chi connectivity index (χ2n) is 14.6. The van der Waals surface area contributed by atoms with Crippen LogP contribution in [0.1, 0.15) is 80.8 Å². The Labute approximate surface area is 325 Å². The maximum atomic E-state index is 13.5. The first kappa shape index (κ1) is 38.6. The van der Waals surface area contributed by atoms with Crippen molar-refractivity contribution >= 4 is 79.3 Å². The molecule has 2 bridgehead atoms. The third-order valence-electron chi connectivity index (χ3n) is 11.4. The predicted molar refractivity (Wildman–Crippen MR) is 218 cm³/mol. The number of anilines is 1. The molecule has 1 amide bonds. The number of nitrogens with one attached hydrogen (secondary N) is 1. The molecule has 2 aromatic carbocycles. The first-order valence-electron chi connectivity index (χ1n) is 18.0. The lowest BCUT2D eigenvalue weighted by molar-refractivity contribution is -0.0333. The molecule has 3 aliphatic heterocycles. The van der Waals surface area contributed by atoms with Gasteiger partial charge in [0, 0.05) is 29.1 Å². The van der Waals surface area contributed by atoms with Crippen LogP contribution in [0.4, 0.5) is 5.69 Å². The highest BCUT2D eigenvalue weighted by molar-refractivity contribution is 14.1. The highest BCUT2D eigenvalue weighted by Crippen LogP contribution is 2.53. The zero-order valence-electron chi connectivity index (χ0n) is 29.2. The summed E-state index contributed by atoms with van der Waals surface area (Å²) < 4.78 is 37.1. The molecule has 1 saturated heterocycles. The van der Waals surface area contributed by atoms with E-state index >= 15 is 0 Å². The molecule has 274 valence electrons. The second-order valence-corrected chi connectivity index (χ2v) is 21.3. The van der Waals surface area contributed by atoms with Crippen LogP contribution in [0.5, 0.6) is 5.75 Å². The van der Waals surface area contributed by atoms with Crippen molar-refractivity contribution in [2.45, 2.75) is 86.6 Å². The van der Waals surface area contributed by atoms with Gasteiger partial charge in [-0.1, -0.05) is 66.3 Å². The molecule has 0 radical (unpaired) electrons. The number of thioether (sulfide) groups is 2. The quantitative estimate of drug-likeness (QED) is 0.168. The Morgan fingerprint density at radius 1 is 1.12 bits per heavy atom. The molecule has 2 N–H and O–H groups in total. The van der Waals surface area contributed by atoms with E-state index in [1.54, 1.807) is 19.1 Å². The number of alkyl halides is 1. The van der Waals surface area contributed by atoms with Crippen molar-refractivity contribution in [3.05, 3.63) is 70.3 Å². The number of allylic oxidation sites excluding steroid dienone is 1. The largest absolute Gasteiger partial charge is 0.490 e. The van der Waals surface area contributed by atoms with E-state index in [1.165, 1.54) is 15.6 Å². The number of nitrogens with zero attached hydrogens (tertiary/aromatic N) is 1. The number of carbonyl (C=O) groups is 1. The highest BCUT2D eigenvalue weighted by Gasteiger charge is 2.52. The first-order valence-corrected chi connectivity index (χ1v) is 23.5. The van der Waals surface area contributed by atoms with Gasteiger partial charge >= 0.3 is 0 Å². The molecule has 1 spiro atoms. The first-order chi connectivity index (χ1) is 23.9. The van der Waals surface area contributed by atoms with Crippen LogP contribution in [0.2, 0.25) is 5.02 Å². The molecule has 7 rings (SSSR count). The number of benzene rings is 2. The van der Waals surface area contributed by atoms with E-state index in [-0.39, 0.29) is 33.3 Å². The number of ether oxygens (including phenoxy) is 1. The van der Waals surface area contributed by atoms with Crippen LogP contribution in [0.3, 0.4) is 0 Å². The number of amides is 1. The molecule has 1 saturated carbocycles. The Morgan fingerprint density at radius 2 is 1.88 bits per heavy atom. The van der Waals surface area contributed by atoms with Gasteiger partial charge in [-0.2, -0.15) is 0 Å². The standard InChI is InChI=1S/C36H45ClN2O5S3.C2H5I/c1-23-6-3-15-36(41,34-45-16-5-17-46-34)30-11-8-27(30)20-39-21-35(14-4-7-25-18-28(37)10-12-29(25)35)22-44-32-13-9-26(19-31(32)39)33(40)38-47(42,43)24(23)2;1-2-3/h3,9-10,12-13,15,18-19,23-24,27,30,34,41H,4-8,11,14,16-17,20-22H2,1-2H3,(H,38,40);2H2,1H3/b15-3+;/t23-,24+,27-,30+,35-,36+;/m0./s1. The fraction of sp³-hybridized carbons (Fsp3) is 0.605. The van der Waals surface area contributed by atoms with Gasteiger partial charge in [-0.25, -0.2) is 13.1 Å². The number of aryl methyl sites for hydroxylation is 1. The van der Waals surface area contributed by atoms with Crippen molar-refractivity contribution in [3.8, 4) is 5.75 Å². The van der Waals surface area contributed by atoms with E-state index in [1.807, 2.05) is 54.7 Å². The maximum Gasteiger partial charge on any atom is 0.264 e. The van der Waals surface area contributed by atoms with Crippen molar-refractivity contribution in [3.63, 3.8) is 0 Å². The summed E-state index contributed by atoms with van der Waals surface area (Å²) in [6.45, 7) is 7.55. The average molecular weight is 873 g/mol. The lowest BCUT2D eigenvalue weighted by atomic mass is 9.64. The zero-order valence-corrected chi connectivity index (χ0v) is 34.6. The number of aliphatic hydroxyl groups is 1. The van der Waals surface area contributed by atoms with Gasteiger partial charge in [0.25, 0.3) is 5.91 Å². The van der Waals surface area contributed by atoms with Crippen molar-refractivity contribution in [2.75, 3.05) is 40.5 Å². The molecule has 2 fully saturated rings. The molecule has 6 atom stereocenters. The highest BCUT2D eigenvalue weighted by atomic mass is 127. The molecular formula is C38H50ClIN2O5S3. The molecule has 2 aromatic rings. The number of carbonyl (C=O) groups excluding carboxylic acids is 1. The van der Waals surface area contributed by atoms with Gasteiger partial charge in [-0.05, 0) is 127 Å². The topological polar surface area (TPSA) is 95.9 Å². The fourth-order valence-electron chi connectivity index (χ4n) is 8.32. The van der Waals surface area contributed by atoms with E-state index in [0.717, 1.165) is 60.7 Å². The van der Waals surface area contributed by atoms with Gasteiger partial charge in [-0.3, -0.25) is 4.79 Å². The third kappa shape index (κ3) is 7.88. The SMILES string of the molecule is CCI.C[C@@H]1[C@@H](C)C/C=C/[C@](O)(C2SCCCS2)[C@@H]2CC[C@H]2CN2C[C@@]3(CCCc4cc(Cl)ccc43)COc3ccc(cc32)C(=O)NS1(=O)=O. The fourth-order valence-corrected chi connectivity index (χ4v) is 13.0. The summed E-state index contributed by atoms with van der Waals surface area (Å²) >= 11 is 12.4. The number of fused-ring (bicyclic) bond motifs is 4. The van der Waals surface area contributed by atoms with Crippen LogP contribution in [0, 0.1) is 17.8 Å². The molecule has 2 aliphatic carbocycles. The van der Waals surface area contributed by atoms with Crippen molar-refractivity contribution in [2.24, 2.45) is 17.8 Å². The molecule has 0 aromatic heterocycles. The van der Waals surface area contributed by atoms with Crippen LogP contribution in [-0.2, 0) is 21.9 Å². The number of halogens is 2. The summed E-state index contributed by atoms with van der Waals surface area (Å²) in [4.78, 5) is 15.9. The maximum absolute atomic E-state index is 13.5. The molecule has 0 unspecified atom stereocenters. The van der Waals surface area contributed by atoms with Crippen LogP contribution in [0.25, 0.3) is 0 Å². The minimum absolute atomic E-state index is 0.0302. The lowest BCUT2D eigenvalue weighted by Crippen LogP contribution is -2.55. The normalized spacial score (nSPS) is 33.2. The van der Waals surface area contributed by atoms with E-state index in [4.69, 9.17) is 16.3 Å². The van der Waals surface area contributed by atoms with Gasteiger partial charge < -0.3 is 14.7 Å². The number of rotatable bonds is 1. The van der Waals surface area contributed by atoms with Gasteiger partial charge in [0.15, 0.2) is 0 Å². The lowest BCUT2D eigenvalue weighted by Gasteiger charge is -2.51. The van der Waals surface area contributed by atoms with Crippen molar-refractivity contribution in [1.82, 2.24) is 4.72 Å². The Morgan fingerprint density at radius 3 is 2.60 bits per heavy atom. The van der Waals surface area contributed by atoms with Crippen molar-refractivity contribution in [1.29, 1.82) is 0 Å². The minimum atomic E-state index is -3.95. The molecule has 3 heterocycles. The summed E-state index contributed by atoms with van der Waals surface area (Å²) in [5.41, 5.74) is 2.32. The summed E-state index contributed by atoms with van der Waals surface area (Å²) in [5.74, 6) is 2.18. The average Bonchev–Trinajstić information content (AvgIpc) is 3.23. The summed E-state index contributed by atoms with van der Waals surface area (Å²) in [5, 5.41) is 12.6. The molecule has 12 heteroatoms. The van der Waals surface area contributed by atoms with Crippen LogP contribution >= 0.6 is 57.7 Å². The van der Waals surface area contributed by atoms with Crippen molar-refractivity contribution < 1.29 is 23.1 Å². The van der Waals surface area contributed by atoms with Crippen LogP contribution in [-0.4, -0.2) is 70.5 Å². The monoisotopic (exact) mass is 872 g/mol. The Hall–Kier alpha value is -1.12. The van der Waals surface area contributed by atoms with Gasteiger partial charge in [0.2, 0.25) is 10.0 Å². The van der Waals surface area contributed by atoms with E-state index < -0.39 is 26.8 Å². The predicted octanol–water partition coefficient (Wildman–Crippen LogP) is 8.25. The second kappa shape index (κ2) is 16.1.